The molecule has 1 heterocycles. The molecule has 0 fully saturated rings. The van der Waals surface area contributed by atoms with Gasteiger partial charge in [0.05, 0.1) is 12.2 Å². The predicted molar refractivity (Wildman–Crippen MR) is 67.8 cm³/mol. The van der Waals surface area contributed by atoms with Crippen molar-refractivity contribution in [1.29, 1.82) is 0 Å². The van der Waals surface area contributed by atoms with E-state index in [1.807, 2.05) is 0 Å². The molecule has 9 nitrogen and oxygen atoms in total. The molecule has 2 aromatic rings. The number of nitrogens with two attached hydrogens (primary N) is 1. The Hall–Kier alpha value is -2.97. The highest BCUT2D eigenvalue weighted by molar-refractivity contribution is 5.83. The molecule has 20 heavy (non-hydrogen) atoms. The summed E-state index contributed by atoms with van der Waals surface area (Å²) in [4.78, 5) is 34.0. The molecule has 0 atom stereocenters. The number of carbonyl (C=O) groups is 2. The maximum atomic E-state index is 12.0. The fourth-order valence-corrected chi connectivity index (χ4v) is 1.48. The van der Waals surface area contributed by atoms with E-state index in [4.69, 9.17) is 5.73 Å². The number of benzene rings is 1. The first kappa shape index (κ1) is 13.5. The zero-order valence-corrected chi connectivity index (χ0v) is 10.4. The van der Waals surface area contributed by atoms with E-state index in [9.17, 15) is 14.4 Å². The minimum atomic E-state index is -0.668. The molecule has 0 spiro atoms. The fourth-order valence-electron chi connectivity index (χ4n) is 1.48. The van der Waals surface area contributed by atoms with Gasteiger partial charge in [0.15, 0.2) is 0 Å². The van der Waals surface area contributed by atoms with Crippen molar-refractivity contribution in [2.75, 3.05) is 6.54 Å². The number of tetrazole rings is 1. The van der Waals surface area contributed by atoms with Crippen LogP contribution in [0.4, 0.5) is 0 Å². The number of amides is 2. The Labute approximate surface area is 113 Å². The molecular formula is C11H12N6O3. The summed E-state index contributed by atoms with van der Waals surface area (Å²) in [7, 11) is 0. The maximum Gasteiger partial charge on any atom is 0.368 e. The number of hydrogen-bond donors (Lipinski definition) is 2. The molecule has 0 bridgehead atoms. The number of carbonyl (C=O) groups excluding carboxylic acids is 2. The SMILES string of the molecule is NC(=O)CNC(=O)Cn1nnn(-c2ccccc2)c1=O. The molecule has 1 aromatic carbocycles. The van der Waals surface area contributed by atoms with E-state index in [0.717, 1.165) is 9.36 Å². The number of aromatic nitrogens is 4. The predicted octanol–water partition coefficient (Wildman–Crippen LogP) is -1.97. The van der Waals surface area contributed by atoms with Gasteiger partial charge in [-0.05, 0) is 22.6 Å². The van der Waals surface area contributed by atoms with E-state index < -0.39 is 17.5 Å². The van der Waals surface area contributed by atoms with Crippen molar-refractivity contribution in [2.45, 2.75) is 6.54 Å². The van der Waals surface area contributed by atoms with Crippen LogP contribution in [-0.4, -0.2) is 38.1 Å². The highest BCUT2D eigenvalue weighted by Crippen LogP contribution is 2.00. The van der Waals surface area contributed by atoms with Crippen molar-refractivity contribution in [1.82, 2.24) is 25.1 Å². The monoisotopic (exact) mass is 276 g/mol. The van der Waals surface area contributed by atoms with Crippen LogP contribution in [0.1, 0.15) is 0 Å². The van der Waals surface area contributed by atoms with E-state index in [-0.39, 0.29) is 13.1 Å². The number of hydrogen-bond acceptors (Lipinski definition) is 5. The van der Waals surface area contributed by atoms with Gasteiger partial charge in [-0.25, -0.2) is 4.79 Å². The van der Waals surface area contributed by atoms with Gasteiger partial charge >= 0.3 is 5.69 Å². The summed E-state index contributed by atoms with van der Waals surface area (Å²) in [6, 6.07) is 8.68. The van der Waals surface area contributed by atoms with Crippen molar-refractivity contribution in [3.8, 4) is 5.69 Å². The number of rotatable bonds is 5. The van der Waals surface area contributed by atoms with Crippen molar-refractivity contribution in [3.05, 3.63) is 40.8 Å². The van der Waals surface area contributed by atoms with E-state index in [1.54, 1.807) is 30.3 Å². The number of nitrogens with one attached hydrogen (secondary N) is 1. The van der Waals surface area contributed by atoms with Crippen LogP contribution in [0.15, 0.2) is 35.1 Å². The molecule has 0 saturated carbocycles. The molecule has 2 amide bonds. The zero-order valence-electron chi connectivity index (χ0n) is 10.4. The summed E-state index contributed by atoms with van der Waals surface area (Å²) in [5, 5.41) is 9.54. The third kappa shape index (κ3) is 3.07. The lowest BCUT2D eigenvalue weighted by Crippen LogP contribution is -2.37. The molecule has 3 N–H and O–H groups in total. The average Bonchev–Trinajstić information content (AvgIpc) is 2.79. The quantitative estimate of drug-likeness (QED) is 0.655. The molecule has 0 saturated heterocycles. The van der Waals surface area contributed by atoms with Crippen LogP contribution in [0, 0.1) is 0 Å². The van der Waals surface area contributed by atoms with Crippen LogP contribution in [0.5, 0.6) is 0 Å². The van der Waals surface area contributed by atoms with Gasteiger partial charge in [0.1, 0.15) is 6.54 Å². The average molecular weight is 276 g/mol. The molecule has 9 heteroatoms. The molecule has 0 aliphatic carbocycles. The highest BCUT2D eigenvalue weighted by Gasteiger charge is 2.12. The summed E-state index contributed by atoms with van der Waals surface area (Å²) in [5.41, 5.74) is 4.88. The summed E-state index contributed by atoms with van der Waals surface area (Å²) in [6.45, 7) is -0.626. The van der Waals surface area contributed by atoms with Crippen LogP contribution in [0.3, 0.4) is 0 Å². The van der Waals surface area contributed by atoms with Crippen LogP contribution >= 0.6 is 0 Å². The molecule has 0 unspecified atom stereocenters. The molecule has 1 aromatic heterocycles. The number of nitrogens with zero attached hydrogens (tertiary/aromatic N) is 4. The summed E-state index contributed by atoms with van der Waals surface area (Å²) in [5.74, 6) is -1.22. The van der Waals surface area contributed by atoms with Crippen LogP contribution in [-0.2, 0) is 16.1 Å². The minimum Gasteiger partial charge on any atom is -0.368 e. The third-order valence-corrected chi connectivity index (χ3v) is 2.39. The Bertz CT molecular complexity index is 675. The van der Waals surface area contributed by atoms with Crippen molar-refractivity contribution >= 4 is 11.8 Å². The lowest BCUT2D eigenvalue weighted by Gasteiger charge is -2.01. The standard InChI is InChI=1S/C11H12N6O3/c12-9(18)6-13-10(19)7-16-11(20)17(15-14-16)8-4-2-1-3-5-8/h1-5H,6-7H2,(H2,12,18)(H,13,19). The molecule has 0 aliphatic rings. The minimum absolute atomic E-state index is 0.291. The van der Waals surface area contributed by atoms with Crippen molar-refractivity contribution in [2.24, 2.45) is 5.73 Å². The van der Waals surface area contributed by atoms with Crippen LogP contribution in [0.25, 0.3) is 5.69 Å². The Balaban J connectivity index is 2.12. The maximum absolute atomic E-state index is 12.0. The normalized spacial score (nSPS) is 10.2. The van der Waals surface area contributed by atoms with Crippen LogP contribution < -0.4 is 16.7 Å². The summed E-state index contributed by atoms with van der Waals surface area (Å²) >= 11 is 0. The van der Waals surface area contributed by atoms with Crippen LogP contribution in [0.2, 0.25) is 0 Å². The van der Waals surface area contributed by atoms with Gasteiger partial charge in [-0.2, -0.15) is 9.36 Å². The summed E-state index contributed by atoms with van der Waals surface area (Å²) < 4.78 is 1.96. The van der Waals surface area contributed by atoms with E-state index in [2.05, 4.69) is 15.7 Å². The van der Waals surface area contributed by atoms with Gasteiger partial charge in [0.2, 0.25) is 11.8 Å². The van der Waals surface area contributed by atoms with E-state index >= 15 is 0 Å². The Morgan fingerprint density at radius 3 is 2.55 bits per heavy atom. The van der Waals surface area contributed by atoms with Gasteiger partial charge in [-0.1, -0.05) is 18.2 Å². The summed E-state index contributed by atoms with van der Waals surface area (Å²) in [6.07, 6.45) is 0. The Kier molecular flexibility index (Phi) is 3.89. The lowest BCUT2D eigenvalue weighted by atomic mass is 10.3. The molecular weight excluding hydrogens is 264 g/mol. The van der Waals surface area contributed by atoms with Crippen molar-refractivity contribution in [3.63, 3.8) is 0 Å². The zero-order chi connectivity index (χ0) is 14.5. The second kappa shape index (κ2) is 5.78. The largest absolute Gasteiger partial charge is 0.368 e. The first-order chi connectivity index (χ1) is 9.58. The lowest BCUT2D eigenvalue weighted by molar-refractivity contribution is -0.125. The van der Waals surface area contributed by atoms with Gasteiger partial charge in [0, 0.05) is 0 Å². The molecule has 0 aliphatic heterocycles. The van der Waals surface area contributed by atoms with Gasteiger partial charge in [-0.15, -0.1) is 0 Å². The Morgan fingerprint density at radius 1 is 1.20 bits per heavy atom. The van der Waals surface area contributed by atoms with Gasteiger partial charge < -0.3 is 11.1 Å². The molecule has 0 radical (unpaired) electrons. The first-order valence-electron chi connectivity index (χ1n) is 5.71. The number of primary amides is 1. The molecule has 2 rings (SSSR count). The smallest absolute Gasteiger partial charge is 0.368 e. The second-order valence-electron chi connectivity index (χ2n) is 3.91. The Morgan fingerprint density at radius 2 is 1.90 bits per heavy atom. The first-order valence-corrected chi connectivity index (χ1v) is 5.71. The number of para-hydroxylation sites is 1. The highest BCUT2D eigenvalue weighted by atomic mass is 16.2. The fraction of sp³-hybridized carbons (Fsp3) is 0.182. The van der Waals surface area contributed by atoms with E-state index in [0.29, 0.717) is 5.69 Å². The van der Waals surface area contributed by atoms with Gasteiger partial charge in [0.25, 0.3) is 0 Å². The van der Waals surface area contributed by atoms with E-state index in [1.165, 1.54) is 0 Å². The van der Waals surface area contributed by atoms with Crippen molar-refractivity contribution < 1.29 is 9.59 Å². The molecule has 104 valence electrons. The second-order valence-corrected chi connectivity index (χ2v) is 3.91. The topological polar surface area (TPSA) is 125 Å². The van der Waals surface area contributed by atoms with Gasteiger partial charge in [-0.3, -0.25) is 9.59 Å². The third-order valence-electron chi connectivity index (χ3n) is 2.39.